The summed E-state index contributed by atoms with van der Waals surface area (Å²) in [6.45, 7) is 0. The molecule has 0 aliphatic heterocycles. The van der Waals surface area contributed by atoms with E-state index in [1.807, 2.05) is 146 Å². The Hall–Kier alpha value is -9.80. The van der Waals surface area contributed by atoms with Gasteiger partial charge in [0.2, 0.25) is 0 Å². The van der Waals surface area contributed by atoms with Crippen LogP contribution < -0.4 is 0 Å². The van der Waals surface area contributed by atoms with Gasteiger partial charge in [0, 0.05) is 65.5 Å². The van der Waals surface area contributed by atoms with Crippen molar-refractivity contribution >= 4 is 87.4 Å². The zero-order valence-corrected chi connectivity index (χ0v) is 39.1. The number of aromatic nitrogens is 6. The van der Waals surface area contributed by atoms with Crippen LogP contribution in [0.1, 0.15) is 5.56 Å². The second kappa shape index (κ2) is 15.9. The van der Waals surface area contributed by atoms with Gasteiger partial charge in [0.05, 0.1) is 44.4 Å². The van der Waals surface area contributed by atoms with Crippen molar-refractivity contribution in [1.82, 2.24) is 28.7 Å². The molecule has 5 aromatic heterocycles. The fourth-order valence-corrected chi connectivity index (χ4v) is 11.4. The van der Waals surface area contributed by atoms with E-state index in [4.69, 9.17) is 19.4 Å². The second-order valence-corrected chi connectivity index (χ2v) is 18.6. The van der Waals surface area contributed by atoms with Crippen LogP contribution in [0.4, 0.5) is 13.2 Å². The van der Waals surface area contributed by atoms with Gasteiger partial charge in [-0.05, 0) is 54.6 Å². The molecule has 0 saturated heterocycles. The molecule has 5 heterocycles. The highest BCUT2D eigenvalue weighted by Crippen LogP contribution is 2.51. The van der Waals surface area contributed by atoms with E-state index in [0.29, 0.717) is 50.2 Å². The lowest BCUT2D eigenvalue weighted by Crippen LogP contribution is -2.13. The molecular formula is C64H37F3N6O. The monoisotopic (exact) mass is 962 g/mol. The van der Waals surface area contributed by atoms with E-state index in [9.17, 15) is 0 Å². The molecule has 0 atom stereocenters. The number of rotatable bonds is 6. The number of nitrogens with zero attached hydrogens (tertiary/aromatic N) is 6. The van der Waals surface area contributed by atoms with Gasteiger partial charge in [-0.1, -0.05) is 170 Å². The van der Waals surface area contributed by atoms with Crippen molar-refractivity contribution in [1.29, 1.82) is 0 Å². The van der Waals surface area contributed by atoms with Crippen molar-refractivity contribution < 1.29 is 17.6 Å². The molecule has 0 aliphatic rings. The lowest BCUT2D eigenvalue weighted by Gasteiger charge is -2.20. The Morgan fingerprint density at radius 1 is 0.378 bits per heavy atom. The van der Waals surface area contributed by atoms with Crippen molar-refractivity contribution in [3.63, 3.8) is 0 Å². The first-order chi connectivity index (χ1) is 36.4. The summed E-state index contributed by atoms with van der Waals surface area (Å²) < 4.78 is 63.8. The van der Waals surface area contributed by atoms with Gasteiger partial charge in [0.1, 0.15) is 11.3 Å². The molecule has 0 bridgehead atoms. The largest absolute Gasteiger partial charge is 0.454 e. The van der Waals surface area contributed by atoms with Crippen molar-refractivity contribution in [2.45, 2.75) is 6.18 Å². The third-order valence-electron chi connectivity index (χ3n) is 14.5. The molecule has 0 spiro atoms. The number of halogens is 3. The van der Waals surface area contributed by atoms with Crippen LogP contribution in [0.25, 0.3) is 139 Å². The van der Waals surface area contributed by atoms with Crippen molar-refractivity contribution in [2.24, 2.45) is 0 Å². The Bertz CT molecular complexity index is 4650. The Balaban J connectivity index is 1.15. The van der Waals surface area contributed by atoms with Gasteiger partial charge >= 0.3 is 6.18 Å². The summed E-state index contributed by atoms with van der Waals surface area (Å²) in [7, 11) is 0. The maximum absolute atomic E-state index is 16.9. The average Bonchev–Trinajstić information content (AvgIpc) is 4.21. The summed E-state index contributed by atoms with van der Waals surface area (Å²) >= 11 is 0. The molecule has 0 saturated carbocycles. The van der Waals surface area contributed by atoms with E-state index in [2.05, 4.69) is 75.9 Å². The van der Waals surface area contributed by atoms with Crippen LogP contribution in [0.5, 0.6) is 0 Å². The molecular weight excluding hydrogens is 926 g/mol. The number of para-hydroxylation sites is 6. The zero-order valence-electron chi connectivity index (χ0n) is 39.1. The quantitative estimate of drug-likeness (QED) is 0.167. The molecule has 10 heteroatoms. The summed E-state index contributed by atoms with van der Waals surface area (Å²) in [6.07, 6.45) is -4.92. The Morgan fingerprint density at radius 3 is 1.42 bits per heavy atom. The highest BCUT2D eigenvalue weighted by molar-refractivity contribution is 6.28. The number of benzene rings is 10. The van der Waals surface area contributed by atoms with Crippen molar-refractivity contribution in [3.8, 4) is 51.2 Å². The Labute approximate surface area is 419 Å². The Kier molecular flexibility index (Phi) is 8.98. The third kappa shape index (κ3) is 6.11. The molecule has 0 amide bonds. The van der Waals surface area contributed by atoms with Crippen LogP contribution in [-0.4, -0.2) is 28.7 Å². The smallest absolute Gasteiger partial charge is 0.418 e. The summed E-state index contributed by atoms with van der Waals surface area (Å²) in [5.41, 5.74) is 7.54. The van der Waals surface area contributed by atoms with Crippen molar-refractivity contribution in [3.05, 3.63) is 230 Å². The SMILES string of the molecule is FC(F)(F)c1cc(-c2nc(-c3ccccc3)nc(-c3ccccc3)n2)c2c(oc3ccccc32)c1-n1c2ccccc2c2cc(-n3c4ccccc4c4ccccc43)c3c4ccccc4n(-c4ccccc4)c3c21. The molecule has 74 heavy (non-hydrogen) atoms. The molecule has 0 N–H and O–H groups in total. The molecule has 0 aliphatic carbocycles. The lowest BCUT2D eigenvalue weighted by molar-refractivity contribution is -0.137. The van der Waals surface area contributed by atoms with Crippen LogP contribution in [-0.2, 0) is 6.18 Å². The average molecular weight is 963 g/mol. The molecule has 350 valence electrons. The fraction of sp³-hybridized carbons (Fsp3) is 0.0156. The first-order valence-corrected chi connectivity index (χ1v) is 24.4. The maximum atomic E-state index is 16.9. The molecule has 15 rings (SSSR count). The zero-order chi connectivity index (χ0) is 49.2. The van der Waals surface area contributed by atoms with Gasteiger partial charge < -0.3 is 18.1 Å². The summed E-state index contributed by atoms with van der Waals surface area (Å²) in [4.78, 5) is 14.9. The summed E-state index contributed by atoms with van der Waals surface area (Å²) in [5, 5.41) is 6.62. The predicted octanol–water partition coefficient (Wildman–Crippen LogP) is 17.1. The molecule has 0 unspecified atom stereocenters. The summed E-state index contributed by atoms with van der Waals surface area (Å²) in [6, 6.07) is 72.4. The molecule has 0 radical (unpaired) electrons. The normalized spacial score (nSPS) is 12.3. The minimum atomic E-state index is -4.92. The third-order valence-corrected chi connectivity index (χ3v) is 14.5. The lowest BCUT2D eigenvalue weighted by atomic mass is 9.99. The molecule has 7 nitrogen and oxygen atoms in total. The number of hydrogen-bond donors (Lipinski definition) is 0. The van der Waals surface area contributed by atoms with Gasteiger partial charge in [0.15, 0.2) is 23.1 Å². The maximum Gasteiger partial charge on any atom is 0.418 e. The topological polar surface area (TPSA) is 66.6 Å². The van der Waals surface area contributed by atoms with Gasteiger partial charge in [-0.3, -0.25) is 0 Å². The van der Waals surface area contributed by atoms with E-state index in [1.54, 1.807) is 10.6 Å². The van der Waals surface area contributed by atoms with E-state index in [1.165, 1.54) is 6.07 Å². The molecule has 15 aromatic rings. The first kappa shape index (κ1) is 41.9. The van der Waals surface area contributed by atoms with E-state index >= 15 is 13.2 Å². The van der Waals surface area contributed by atoms with Gasteiger partial charge in [-0.15, -0.1) is 0 Å². The van der Waals surface area contributed by atoms with Gasteiger partial charge in [0.25, 0.3) is 0 Å². The molecule has 10 aromatic carbocycles. The first-order valence-electron chi connectivity index (χ1n) is 24.4. The second-order valence-electron chi connectivity index (χ2n) is 18.6. The number of hydrogen-bond acceptors (Lipinski definition) is 4. The molecule has 0 fully saturated rings. The van der Waals surface area contributed by atoms with E-state index in [-0.39, 0.29) is 22.7 Å². The summed E-state index contributed by atoms with van der Waals surface area (Å²) in [5.74, 6) is 0.729. The minimum absolute atomic E-state index is 0.0450. The minimum Gasteiger partial charge on any atom is -0.454 e. The van der Waals surface area contributed by atoms with Crippen LogP contribution in [0.2, 0.25) is 0 Å². The highest BCUT2D eigenvalue weighted by atomic mass is 19.4. The van der Waals surface area contributed by atoms with E-state index in [0.717, 1.165) is 65.8 Å². The van der Waals surface area contributed by atoms with E-state index < -0.39 is 11.7 Å². The van der Waals surface area contributed by atoms with Crippen molar-refractivity contribution in [2.75, 3.05) is 0 Å². The van der Waals surface area contributed by atoms with Crippen LogP contribution >= 0.6 is 0 Å². The van der Waals surface area contributed by atoms with Crippen LogP contribution in [0, 0.1) is 0 Å². The predicted molar refractivity (Wildman–Crippen MR) is 291 cm³/mol. The number of alkyl halides is 3. The van der Waals surface area contributed by atoms with Crippen LogP contribution in [0.15, 0.2) is 229 Å². The number of furan rings is 1. The van der Waals surface area contributed by atoms with Crippen LogP contribution in [0.3, 0.4) is 0 Å². The van der Waals surface area contributed by atoms with Gasteiger partial charge in [-0.25, -0.2) is 15.0 Å². The number of fused-ring (bicyclic) bond motifs is 13. The van der Waals surface area contributed by atoms with Gasteiger partial charge in [-0.2, -0.15) is 13.2 Å². The highest BCUT2D eigenvalue weighted by Gasteiger charge is 2.40. The standard InChI is InChI=1S/C64H37F3N6O/c65-64(66,67)48-36-47(63-69-61(38-20-4-1-5-21-38)68-62(70-63)39-22-6-2-7-23-39)55-45-30-14-19-35-54(45)74-60(55)58(48)73-51-33-17-12-28-43(51)46-37-53(72-49-31-15-10-26-41(49)42-27-11-16-32-50(42)72)56-44-29-13-18-34-52(44)71(59(56)57(46)73)40-24-8-3-9-25-40/h1-37H. The Morgan fingerprint density at radius 2 is 0.838 bits per heavy atom. The fourth-order valence-electron chi connectivity index (χ4n) is 11.4.